The molecule has 0 spiro atoms. The second kappa shape index (κ2) is 8.55. The minimum absolute atomic E-state index is 0.181. The number of benzene rings is 1. The minimum atomic E-state index is -1.34. The Morgan fingerprint density at radius 1 is 1.14 bits per heavy atom. The number of hydrogen-bond donors (Lipinski definition) is 2. The molecule has 5 rings (SSSR count). The summed E-state index contributed by atoms with van der Waals surface area (Å²) < 4.78 is 4.36. The summed E-state index contributed by atoms with van der Waals surface area (Å²) in [4.78, 5) is 59.3. The fourth-order valence-electron chi connectivity index (χ4n) is 4.37. The number of fused-ring (bicyclic) bond motifs is 1. The normalized spacial score (nSPS) is 17.8. The van der Waals surface area contributed by atoms with E-state index in [2.05, 4.69) is 30.8 Å². The number of hydrogen-bond acceptors (Lipinski definition) is 8. The van der Waals surface area contributed by atoms with Gasteiger partial charge in [0.2, 0.25) is 0 Å². The molecule has 4 aromatic rings. The van der Waals surface area contributed by atoms with Crippen molar-refractivity contribution >= 4 is 23.1 Å². The van der Waals surface area contributed by atoms with Crippen LogP contribution < -0.4 is 16.6 Å². The molecule has 1 fully saturated rings. The van der Waals surface area contributed by atoms with Crippen LogP contribution in [0.3, 0.4) is 0 Å². The molecule has 4 heterocycles. The van der Waals surface area contributed by atoms with E-state index in [1.54, 1.807) is 38.2 Å². The van der Waals surface area contributed by atoms with Gasteiger partial charge in [0.05, 0.1) is 12.2 Å². The van der Waals surface area contributed by atoms with E-state index in [0.29, 0.717) is 23.6 Å². The number of amides is 3. The number of unbranched alkanes of at least 4 members (excludes halogenated alkanes) is 1. The van der Waals surface area contributed by atoms with Gasteiger partial charge in [-0.05, 0) is 41.5 Å². The molecule has 1 saturated heterocycles. The van der Waals surface area contributed by atoms with E-state index in [-0.39, 0.29) is 17.7 Å². The average molecular weight is 493 g/mol. The summed E-state index contributed by atoms with van der Waals surface area (Å²) in [5, 5.41) is 13.9. The van der Waals surface area contributed by atoms with Crippen molar-refractivity contribution in [1.29, 1.82) is 0 Å². The van der Waals surface area contributed by atoms with Crippen LogP contribution in [0.15, 0.2) is 40.2 Å². The highest BCUT2D eigenvalue weighted by molar-refractivity contribution is 6.07. The number of aromatic amines is 1. The lowest BCUT2D eigenvalue weighted by molar-refractivity contribution is -0.131. The van der Waals surface area contributed by atoms with Gasteiger partial charge in [-0.2, -0.15) is 0 Å². The van der Waals surface area contributed by atoms with Crippen LogP contribution in [0.4, 0.5) is 4.79 Å². The largest absolute Gasteiger partial charge is 0.330 e. The van der Waals surface area contributed by atoms with Crippen molar-refractivity contribution in [2.45, 2.75) is 45.3 Å². The molecule has 14 nitrogen and oxygen atoms in total. The lowest BCUT2D eigenvalue weighted by atomic mass is 9.91. The van der Waals surface area contributed by atoms with Crippen LogP contribution >= 0.6 is 0 Å². The molecule has 0 unspecified atom stereocenters. The zero-order valence-corrected chi connectivity index (χ0v) is 19.9. The van der Waals surface area contributed by atoms with E-state index in [0.717, 1.165) is 17.7 Å². The number of tetrazole rings is 1. The molecule has 0 saturated carbocycles. The number of imide groups is 1. The van der Waals surface area contributed by atoms with Gasteiger partial charge in [0, 0.05) is 13.6 Å². The van der Waals surface area contributed by atoms with E-state index in [9.17, 15) is 19.2 Å². The molecule has 0 bridgehead atoms. The summed E-state index contributed by atoms with van der Waals surface area (Å²) in [6.07, 6.45) is 3.00. The highest BCUT2D eigenvalue weighted by atomic mass is 16.2. The quantitative estimate of drug-likeness (QED) is 0.344. The molecule has 186 valence electrons. The molecule has 0 radical (unpaired) electrons. The standard InChI is InChI=1S/C22H24N10O4/c1-4-5-9-30-17-16(18(33)25-20(30)35)29(3)15(24-17)11-31-19(34)22(2,26-21(31)36)13-7-6-8-14(10-13)32-12-23-27-28-32/h6-8,10,12H,4-5,9,11H2,1-3H3,(H,26,36)(H,25,33,35)/t22-/m1/s1. The Morgan fingerprint density at radius 2 is 1.94 bits per heavy atom. The second-order valence-electron chi connectivity index (χ2n) is 8.77. The third-order valence-electron chi connectivity index (χ3n) is 6.45. The number of carbonyl (C=O) groups is 2. The van der Waals surface area contributed by atoms with Gasteiger partial charge in [0.25, 0.3) is 11.5 Å². The maximum absolute atomic E-state index is 13.5. The molecule has 3 aromatic heterocycles. The van der Waals surface area contributed by atoms with Crippen molar-refractivity contribution in [2.24, 2.45) is 7.05 Å². The van der Waals surface area contributed by atoms with Crippen molar-refractivity contribution in [1.82, 2.24) is 49.5 Å². The number of imidazole rings is 1. The maximum atomic E-state index is 13.5. The predicted octanol–water partition coefficient (Wildman–Crippen LogP) is 0.166. The first-order valence-corrected chi connectivity index (χ1v) is 11.4. The molecule has 1 aliphatic heterocycles. The fourth-order valence-corrected chi connectivity index (χ4v) is 4.37. The van der Waals surface area contributed by atoms with E-state index >= 15 is 0 Å². The number of urea groups is 1. The number of nitrogens with one attached hydrogen (secondary N) is 2. The van der Waals surface area contributed by atoms with Crippen LogP contribution in [0, 0.1) is 0 Å². The van der Waals surface area contributed by atoms with Crippen molar-refractivity contribution in [3.63, 3.8) is 0 Å². The Balaban J connectivity index is 1.50. The van der Waals surface area contributed by atoms with Crippen LogP contribution in [0.2, 0.25) is 0 Å². The Kier molecular flexibility index (Phi) is 5.50. The predicted molar refractivity (Wildman–Crippen MR) is 126 cm³/mol. The van der Waals surface area contributed by atoms with Gasteiger partial charge >= 0.3 is 11.7 Å². The lowest BCUT2D eigenvalue weighted by Crippen LogP contribution is -2.41. The molecule has 1 atom stereocenters. The molecular formula is C22H24N10O4. The van der Waals surface area contributed by atoms with E-state index in [1.807, 2.05) is 6.92 Å². The average Bonchev–Trinajstić information content (AvgIpc) is 3.55. The molecule has 1 aromatic carbocycles. The minimum Gasteiger partial charge on any atom is -0.324 e. The van der Waals surface area contributed by atoms with Gasteiger partial charge in [-0.25, -0.2) is 19.3 Å². The SMILES string of the molecule is CCCCn1c(=O)[nH]c(=O)c2c1nc(CN1C(=O)N[C@](C)(c3cccc(-n4cnnn4)c3)C1=O)n2C. The Bertz CT molecular complexity index is 1600. The monoisotopic (exact) mass is 492 g/mol. The van der Waals surface area contributed by atoms with Gasteiger partial charge in [-0.1, -0.05) is 25.5 Å². The second-order valence-corrected chi connectivity index (χ2v) is 8.77. The molecule has 2 N–H and O–H groups in total. The van der Waals surface area contributed by atoms with Gasteiger partial charge in [-0.15, -0.1) is 5.10 Å². The van der Waals surface area contributed by atoms with Gasteiger partial charge in [0.1, 0.15) is 17.7 Å². The molecule has 1 aliphatic rings. The number of rotatable bonds is 7. The van der Waals surface area contributed by atoms with Gasteiger partial charge in [-0.3, -0.25) is 24.0 Å². The fraction of sp³-hybridized carbons (Fsp3) is 0.364. The zero-order chi connectivity index (χ0) is 25.6. The molecule has 0 aliphatic carbocycles. The Labute approximate surface area is 203 Å². The summed E-state index contributed by atoms with van der Waals surface area (Å²) in [5.74, 6) is -0.188. The van der Waals surface area contributed by atoms with Crippen LogP contribution in [0.1, 0.15) is 38.1 Å². The maximum Gasteiger partial charge on any atom is 0.330 e. The van der Waals surface area contributed by atoms with Gasteiger partial charge < -0.3 is 9.88 Å². The third kappa shape index (κ3) is 3.57. The molecule has 36 heavy (non-hydrogen) atoms. The number of carbonyl (C=O) groups excluding carboxylic acids is 2. The number of nitrogens with zero attached hydrogens (tertiary/aromatic N) is 8. The van der Waals surface area contributed by atoms with Crippen molar-refractivity contribution in [3.05, 3.63) is 62.8 Å². The third-order valence-corrected chi connectivity index (χ3v) is 6.45. The highest BCUT2D eigenvalue weighted by Crippen LogP contribution is 2.31. The van der Waals surface area contributed by atoms with Crippen LogP contribution in [-0.4, -0.2) is 56.1 Å². The summed E-state index contributed by atoms with van der Waals surface area (Å²) in [6, 6.07) is 6.37. The summed E-state index contributed by atoms with van der Waals surface area (Å²) in [7, 11) is 1.61. The number of H-pyrrole nitrogens is 1. The van der Waals surface area contributed by atoms with Crippen LogP contribution in [-0.2, 0) is 30.5 Å². The number of aryl methyl sites for hydroxylation is 2. The Morgan fingerprint density at radius 3 is 2.67 bits per heavy atom. The van der Waals surface area contributed by atoms with Crippen molar-refractivity contribution in [2.75, 3.05) is 0 Å². The van der Waals surface area contributed by atoms with E-state index in [1.165, 1.54) is 20.1 Å². The smallest absolute Gasteiger partial charge is 0.324 e. The summed E-state index contributed by atoms with van der Waals surface area (Å²) in [6.45, 7) is 3.82. The molecule has 14 heteroatoms. The first-order valence-electron chi connectivity index (χ1n) is 11.4. The van der Waals surface area contributed by atoms with E-state index in [4.69, 9.17) is 0 Å². The van der Waals surface area contributed by atoms with Crippen molar-refractivity contribution in [3.8, 4) is 5.69 Å². The van der Waals surface area contributed by atoms with Crippen LogP contribution in [0.25, 0.3) is 16.9 Å². The molecular weight excluding hydrogens is 468 g/mol. The van der Waals surface area contributed by atoms with Gasteiger partial charge in [0.15, 0.2) is 11.2 Å². The number of aromatic nitrogens is 8. The summed E-state index contributed by atoms with van der Waals surface area (Å²) in [5.41, 5.74) is -0.874. The Hall–Kier alpha value is -4.62. The summed E-state index contributed by atoms with van der Waals surface area (Å²) >= 11 is 0. The lowest BCUT2D eigenvalue weighted by Gasteiger charge is -2.22. The first kappa shape index (κ1) is 23.1. The topological polar surface area (TPSA) is 166 Å². The molecule has 3 amide bonds. The van der Waals surface area contributed by atoms with Crippen LogP contribution in [0.5, 0.6) is 0 Å². The van der Waals surface area contributed by atoms with E-state index < -0.39 is 28.7 Å². The zero-order valence-electron chi connectivity index (χ0n) is 19.9. The van der Waals surface area contributed by atoms with Crippen molar-refractivity contribution < 1.29 is 9.59 Å². The highest BCUT2D eigenvalue weighted by Gasteiger charge is 2.49. The first-order chi connectivity index (χ1) is 17.2.